The molecule has 0 spiro atoms. The van der Waals surface area contributed by atoms with Gasteiger partial charge in [0.25, 0.3) is 5.69 Å². The van der Waals surface area contributed by atoms with Crippen LogP contribution in [0, 0.1) is 10.1 Å². The van der Waals surface area contributed by atoms with Crippen LogP contribution < -0.4 is 10.2 Å². The maximum Gasteiger partial charge on any atom is 0.273 e. The summed E-state index contributed by atoms with van der Waals surface area (Å²) in [6, 6.07) is 4.58. The molecule has 0 aliphatic rings. The van der Waals surface area contributed by atoms with Crippen molar-refractivity contribution in [2.75, 3.05) is 42.9 Å². The summed E-state index contributed by atoms with van der Waals surface area (Å²) in [5.74, 6) is 0.00107. The molecule has 1 aromatic carbocycles. The molecule has 0 saturated heterocycles. The fourth-order valence-corrected chi connectivity index (χ4v) is 2.10. The van der Waals surface area contributed by atoms with E-state index >= 15 is 0 Å². The fourth-order valence-electron chi connectivity index (χ4n) is 1.50. The van der Waals surface area contributed by atoms with Crippen molar-refractivity contribution >= 4 is 26.9 Å². The Hall–Kier alpha value is -1.83. The molecule has 0 aliphatic carbocycles. The number of rotatable bonds is 6. The zero-order valence-corrected chi connectivity index (χ0v) is 11.9. The van der Waals surface area contributed by atoms with Crippen molar-refractivity contribution in [1.82, 2.24) is 0 Å². The second-order valence-corrected chi connectivity index (χ2v) is 6.56. The third-order valence-electron chi connectivity index (χ3n) is 2.64. The molecule has 1 N–H and O–H groups in total. The third-order valence-corrected chi connectivity index (χ3v) is 3.56. The minimum Gasteiger partial charge on any atom is -0.388 e. The molecule has 1 rings (SSSR count). The molecule has 0 aromatic heterocycles. The normalized spacial score (nSPS) is 11.1. The number of nitrogens with zero attached hydrogens (tertiary/aromatic N) is 2. The first kappa shape index (κ1) is 15.2. The first-order chi connectivity index (χ1) is 8.73. The van der Waals surface area contributed by atoms with Crippen molar-refractivity contribution in [3.05, 3.63) is 28.3 Å². The second kappa shape index (κ2) is 5.87. The topological polar surface area (TPSA) is 92.6 Å². The lowest BCUT2D eigenvalue weighted by molar-refractivity contribution is -0.384. The van der Waals surface area contributed by atoms with Gasteiger partial charge in [-0.3, -0.25) is 10.1 Å². The maximum absolute atomic E-state index is 11.1. The number of nitro groups is 1. The lowest BCUT2D eigenvalue weighted by Gasteiger charge is -2.19. The molecule has 0 amide bonds. The Labute approximate surface area is 112 Å². The van der Waals surface area contributed by atoms with Gasteiger partial charge in [-0.2, -0.15) is 0 Å². The molecule has 0 atom stereocenters. The van der Waals surface area contributed by atoms with Gasteiger partial charge in [-0.1, -0.05) is 0 Å². The van der Waals surface area contributed by atoms with Crippen LogP contribution in [-0.4, -0.2) is 46.0 Å². The Bertz CT molecular complexity index is 571. The van der Waals surface area contributed by atoms with Crippen LogP contribution in [0.3, 0.4) is 0 Å². The first-order valence-electron chi connectivity index (χ1n) is 5.59. The summed E-state index contributed by atoms with van der Waals surface area (Å²) in [5, 5.41) is 13.7. The highest BCUT2D eigenvalue weighted by atomic mass is 32.2. The van der Waals surface area contributed by atoms with E-state index in [0.29, 0.717) is 11.4 Å². The van der Waals surface area contributed by atoms with Crippen LogP contribution in [-0.2, 0) is 9.84 Å². The van der Waals surface area contributed by atoms with E-state index in [1.165, 1.54) is 12.1 Å². The van der Waals surface area contributed by atoms with E-state index in [-0.39, 0.29) is 18.0 Å². The zero-order valence-electron chi connectivity index (χ0n) is 11.1. The summed E-state index contributed by atoms with van der Waals surface area (Å²) in [6.45, 7) is 0.281. The van der Waals surface area contributed by atoms with Gasteiger partial charge in [0.05, 0.1) is 10.7 Å². The van der Waals surface area contributed by atoms with Crippen LogP contribution in [0.25, 0.3) is 0 Å². The van der Waals surface area contributed by atoms with Crippen LogP contribution in [0.2, 0.25) is 0 Å². The number of non-ortho nitro benzene ring substituents is 1. The summed E-state index contributed by atoms with van der Waals surface area (Å²) in [4.78, 5) is 12.0. The largest absolute Gasteiger partial charge is 0.388 e. The van der Waals surface area contributed by atoms with Crippen molar-refractivity contribution in [2.24, 2.45) is 0 Å². The first-order valence-corrected chi connectivity index (χ1v) is 7.65. The molecule has 0 saturated carbocycles. The number of hydrogen-bond donors (Lipinski definition) is 1. The molecule has 1 aromatic rings. The lowest BCUT2D eigenvalue weighted by atomic mass is 10.2. The van der Waals surface area contributed by atoms with Crippen LogP contribution in [0.15, 0.2) is 18.2 Å². The van der Waals surface area contributed by atoms with Gasteiger partial charge < -0.3 is 10.2 Å². The van der Waals surface area contributed by atoms with Crippen molar-refractivity contribution in [1.29, 1.82) is 0 Å². The Balaban J connectivity index is 2.98. The monoisotopic (exact) mass is 287 g/mol. The molecule has 0 radical (unpaired) electrons. The van der Waals surface area contributed by atoms with Crippen LogP contribution in [0.1, 0.15) is 0 Å². The molecular formula is C11H17N3O4S. The number of nitrogens with one attached hydrogen (secondary N) is 1. The summed E-state index contributed by atoms with van der Waals surface area (Å²) >= 11 is 0. The van der Waals surface area contributed by atoms with E-state index in [1.807, 2.05) is 0 Å². The Kier molecular flexibility index (Phi) is 4.71. The van der Waals surface area contributed by atoms with E-state index in [2.05, 4.69) is 5.32 Å². The van der Waals surface area contributed by atoms with Crippen LogP contribution in [0.5, 0.6) is 0 Å². The summed E-state index contributed by atoms with van der Waals surface area (Å²) in [7, 11) is 0.304. The standard InChI is InChI=1S/C11H17N3O4S/c1-12-9-6-10(8-11(7-9)14(15)16)13(2)4-5-19(3,17)18/h6-8,12H,4-5H2,1-3H3. The van der Waals surface area contributed by atoms with Gasteiger partial charge in [0.1, 0.15) is 9.84 Å². The molecule has 0 unspecified atom stereocenters. The highest BCUT2D eigenvalue weighted by molar-refractivity contribution is 7.90. The van der Waals surface area contributed by atoms with Crippen molar-refractivity contribution in [2.45, 2.75) is 0 Å². The van der Waals surface area contributed by atoms with E-state index in [4.69, 9.17) is 0 Å². The third kappa shape index (κ3) is 4.74. The average molecular weight is 287 g/mol. The maximum atomic E-state index is 11.1. The number of benzene rings is 1. The Morgan fingerprint density at radius 1 is 1.37 bits per heavy atom. The van der Waals surface area contributed by atoms with Gasteiger partial charge in [-0.05, 0) is 6.07 Å². The molecule has 8 heteroatoms. The average Bonchev–Trinajstić information content (AvgIpc) is 2.34. The predicted molar refractivity (Wildman–Crippen MR) is 75.6 cm³/mol. The number of nitro benzene ring substituents is 1. The highest BCUT2D eigenvalue weighted by Gasteiger charge is 2.13. The SMILES string of the molecule is CNc1cc(N(C)CCS(C)(=O)=O)cc([N+](=O)[O-])c1. The predicted octanol–water partition coefficient (Wildman–Crippen LogP) is 1.12. The summed E-state index contributed by atoms with van der Waals surface area (Å²) in [5.41, 5.74) is 1.17. The van der Waals surface area contributed by atoms with Crippen molar-refractivity contribution in [3.8, 4) is 0 Å². The lowest BCUT2D eigenvalue weighted by Crippen LogP contribution is -2.24. The molecule has 106 valence electrons. The molecule has 0 fully saturated rings. The van der Waals surface area contributed by atoms with Gasteiger partial charge in [0.15, 0.2) is 0 Å². The molecule has 19 heavy (non-hydrogen) atoms. The fraction of sp³-hybridized carbons (Fsp3) is 0.455. The van der Waals surface area contributed by atoms with Gasteiger partial charge in [0, 0.05) is 50.4 Å². The number of sulfone groups is 1. The number of hydrogen-bond acceptors (Lipinski definition) is 6. The Morgan fingerprint density at radius 3 is 2.47 bits per heavy atom. The van der Waals surface area contributed by atoms with Gasteiger partial charge in [0.2, 0.25) is 0 Å². The summed E-state index contributed by atoms with van der Waals surface area (Å²) < 4.78 is 22.2. The molecule has 0 aliphatic heterocycles. The van der Waals surface area contributed by atoms with Gasteiger partial charge in [-0.15, -0.1) is 0 Å². The molecule has 0 heterocycles. The van der Waals surface area contributed by atoms with Crippen LogP contribution >= 0.6 is 0 Å². The number of anilines is 2. The second-order valence-electron chi connectivity index (χ2n) is 4.30. The van der Waals surface area contributed by atoms with E-state index in [0.717, 1.165) is 6.26 Å². The minimum absolute atomic E-state index is 0.00107. The van der Waals surface area contributed by atoms with Crippen molar-refractivity contribution < 1.29 is 13.3 Å². The van der Waals surface area contributed by atoms with E-state index < -0.39 is 14.8 Å². The van der Waals surface area contributed by atoms with Gasteiger partial charge >= 0.3 is 0 Å². The van der Waals surface area contributed by atoms with Gasteiger partial charge in [-0.25, -0.2) is 8.42 Å². The van der Waals surface area contributed by atoms with Crippen molar-refractivity contribution in [3.63, 3.8) is 0 Å². The molecular weight excluding hydrogens is 270 g/mol. The molecule has 0 bridgehead atoms. The smallest absolute Gasteiger partial charge is 0.273 e. The summed E-state index contributed by atoms with van der Waals surface area (Å²) in [6.07, 6.45) is 1.16. The quantitative estimate of drug-likeness (QED) is 0.622. The van der Waals surface area contributed by atoms with E-state index in [9.17, 15) is 18.5 Å². The Morgan fingerprint density at radius 2 is 2.00 bits per heavy atom. The van der Waals surface area contributed by atoms with Crippen LogP contribution in [0.4, 0.5) is 17.1 Å². The highest BCUT2D eigenvalue weighted by Crippen LogP contribution is 2.26. The zero-order chi connectivity index (χ0) is 14.6. The van der Waals surface area contributed by atoms with E-state index in [1.54, 1.807) is 25.1 Å². The molecule has 7 nitrogen and oxygen atoms in total. The minimum atomic E-state index is -3.06.